The summed E-state index contributed by atoms with van der Waals surface area (Å²) in [7, 11) is 3.15. The molecule has 0 unspecified atom stereocenters. The van der Waals surface area contributed by atoms with E-state index in [2.05, 4.69) is 12.1 Å². The highest BCUT2D eigenvalue weighted by molar-refractivity contribution is 5.47. The Balaban J connectivity index is 3.35. The van der Waals surface area contributed by atoms with Gasteiger partial charge < -0.3 is 9.47 Å². The van der Waals surface area contributed by atoms with E-state index in [1.54, 1.807) is 20.3 Å². The van der Waals surface area contributed by atoms with E-state index in [1.807, 2.05) is 26.0 Å². The molecule has 0 bridgehead atoms. The smallest absolute Gasteiger partial charge is 0.161 e. The van der Waals surface area contributed by atoms with E-state index in [1.165, 1.54) is 0 Å². The van der Waals surface area contributed by atoms with Crippen molar-refractivity contribution in [2.45, 2.75) is 32.1 Å². The molecule has 4 heteroatoms. The van der Waals surface area contributed by atoms with Crippen molar-refractivity contribution in [1.82, 2.24) is 0 Å². The van der Waals surface area contributed by atoms with Crippen LogP contribution in [0.15, 0.2) is 18.2 Å². The Morgan fingerprint density at radius 2 is 1.80 bits per heavy atom. The van der Waals surface area contributed by atoms with Crippen molar-refractivity contribution >= 4 is 0 Å². The molecule has 4 nitrogen and oxygen atoms in total. The number of ether oxygens (including phenoxy) is 2. The van der Waals surface area contributed by atoms with Crippen LogP contribution in [0.4, 0.5) is 0 Å². The van der Waals surface area contributed by atoms with Gasteiger partial charge >= 0.3 is 0 Å². The van der Waals surface area contributed by atoms with Gasteiger partial charge in [0.2, 0.25) is 0 Å². The second kappa shape index (κ2) is 6.82. The molecule has 0 saturated carbocycles. The molecule has 0 aromatic heterocycles. The molecule has 1 rings (SSSR count). The van der Waals surface area contributed by atoms with Gasteiger partial charge in [-0.15, -0.1) is 0 Å². The molecular formula is C16H20N2O2. The molecule has 106 valence electrons. The lowest BCUT2D eigenvalue weighted by atomic mass is 9.70. The second-order valence-corrected chi connectivity index (χ2v) is 4.97. The predicted octanol–water partition coefficient (Wildman–Crippen LogP) is 3.42. The van der Waals surface area contributed by atoms with Gasteiger partial charge in [0.25, 0.3) is 0 Å². The van der Waals surface area contributed by atoms with E-state index in [0.29, 0.717) is 24.3 Å². The fourth-order valence-corrected chi connectivity index (χ4v) is 2.38. The Kier molecular flexibility index (Phi) is 5.41. The Bertz CT molecular complexity index is 540. The van der Waals surface area contributed by atoms with Gasteiger partial charge in [0, 0.05) is 6.42 Å². The zero-order valence-electron chi connectivity index (χ0n) is 12.4. The number of nitriles is 2. The third-order valence-corrected chi connectivity index (χ3v) is 3.71. The van der Waals surface area contributed by atoms with Crippen molar-refractivity contribution in [3.63, 3.8) is 0 Å². The van der Waals surface area contributed by atoms with Gasteiger partial charge in [-0.2, -0.15) is 10.5 Å². The van der Waals surface area contributed by atoms with Crippen LogP contribution in [0, 0.1) is 28.6 Å². The monoisotopic (exact) mass is 272 g/mol. The van der Waals surface area contributed by atoms with Gasteiger partial charge in [-0.3, -0.25) is 0 Å². The molecule has 0 fully saturated rings. The Morgan fingerprint density at radius 3 is 2.25 bits per heavy atom. The molecular weight excluding hydrogens is 252 g/mol. The van der Waals surface area contributed by atoms with Gasteiger partial charge in [0.15, 0.2) is 11.5 Å². The average Bonchev–Trinajstić information content (AvgIpc) is 2.47. The molecule has 0 N–H and O–H groups in total. The summed E-state index contributed by atoms with van der Waals surface area (Å²) in [4.78, 5) is 0. The highest BCUT2D eigenvalue weighted by atomic mass is 16.5. The summed E-state index contributed by atoms with van der Waals surface area (Å²) in [5, 5.41) is 18.5. The zero-order chi connectivity index (χ0) is 15.2. The fourth-order valence-electron chi connectivity index (χ4n) is 2.38. The van der Waals surface area contributed by atoms with Gasteiger partial charge in [-0.05, 0) is 30.0 Å². The molecule has 1 atom stereocenters. The number of hydrogen-bond acceptors (Lipinski definition) is 4. The van der Waals surface area contributed by atoms with Crippen LogP contribution >= 0.6 is 0 Å². The molecule has 0 saturated heterocycles. The maximum absolute atomic E-state index is 9.69. The van der Waals surface area contributed by atoms with Crippen molar-refractivity contribution in [2.24, 2.45) is 5.92 Å². The van der Waals surface area contributed by atoms with Crippen LogP contribution < -0.4 is 9.47 Å². The van der Waals surface area contributed by atoms with Crippen LogP contribution in [-0.2, 0) is 5.41 Å². The van der Waals surface area contributed by atoms with Gasteiger partial charge in [-0.1, -0.05) is 19.9 Å². The first-order valence-corrected chi connectivity index (χ1v) is 6.56. The molecule has 0 heterocycles. The number of benzene rings is 1. The minimum absolute atomic E-state index is 0.0963. The highest BCUT2D eigenvalue weighted by Gasteiger charge is 2.36. The summed E-state index contributed by atoms with van der Waals surface area (Å²) in [6, 6.07) is 10.0. The van der Waals surface area contributed by atoms with Crippen molar-refractivity contribution in [2.75, 3.05) is 14.2 Å². The minimum atomic E-state index is -0.685. The molecule has 1 aromatic rings. The lowest BCUT2D eigenvalue weighted by molar-refractivity contribution is 0.346. The average molecular weight is 272 g/mol. The van der Waals surface area contributed by atoms with E-state index < -0.39 is 5.41 Å². The fraction of sp³-hybridized carbons (Fsp3) is 0.500. The number of nitrogens with zero attached hydrogens (tertiary/aromatic N) is 2. The van der Waals surface area contributed by atoms with Crippen molar-refractivity contribution < 1.29 is 9.47 Å². The Hall–Kier alpha value is -2.20. The third kappa shape index (κ3) is 2.86. The summed E-state index contributed by atoms with van der Waals surface area (Å²) in [5.74, 6) is 1.33. The predicted molar refractivity (Wildman–Crippen MR) is 76.5 cm³/mol. The molecule has 0 aliphatic carbocycles. The Labute approximate surface area is 120 Å². The zero-order valence-corrected chi connectivity index (χ0v) is 12.4. The van der Waals surface area contributed by atoms with Crippen LogP contribution in [-0.4, -0.2) is 14.2 Å². The normalized spacial score (nSPS) is 13.2. The summed E-state index contributed by atoms with van der Waals surface area (Å²) in [5.41, 5.74) is 0.179. The Morgan fingerprint density at radius 1 is 1.15 bits per heavy atom. The lowest BCUT2D eigenvalue weighted by Gasteiger charge is -2.31. The van der Waals surface area contributed by atoms with Crippen LogP contribution in [0.5, 0.6) is 11.5 Å². The van der Waals surface area contributed by atoms with Crippen molar-refractivity contribution in [1.29, 1.82) is 10.5 Å². The minimum Gasteiger partial charge on any atom is -0.493 e. The summed E-state index contributed by atoms with van der Waals surface area (Å²) in [6.45, 7) is 3.99. The van der Waals surface area contributed by atoms with Crippen LogP contribution in [0.2, 0.25) is 0 Å². The molecule has 20 heavy (non-hydrogen) atoms. The van der Waals surface area contributed by atoms with E-state index in [9.17, 15) is 5.26 Å². The number of methoxy groups -OCH3 is 2. The van der Waals surface area contributed by atoms with Crippen LogP contribution in [0.25, 0.3) is 0 Å². The molecule has 0 amide bonds. The maximum atomic E-state index is 9.69. The largest absolute Gasteiger partial charge is 0.493 e. The lowest BCUT2D eigenvalue weighted by Crippen LogP contribution is -2.30. The number of rotatable bonds is 6. The van der Waals surface area contributed by atoms with Crippen molar-refractivity contribution in [3.05, 3.63) is 23.8 Å². The third-order valence-electron chi connectivity index (χ3n) is 3.71. The standard InChI is InChI=1S/C16H20N2O2/c1-12(2)16(11-18,8-5-9-17)13-6-7-14(19-3)15(10-13)20-4/h6-7,10,12H,5,8H2,1-4H3/t16-/m0/s1. The molecule has 0 radical (unpaired) electrons. The molecule has 1 aromatic carbocycles. The topological polar surface area (TPSA) is 66.0 Å². The van der Waals surface area contributed by atoms with Crippen LogP contribution in [0.3, 0.4) is 0 Å². The highest BCUT2D eigenvalue weighted by Crippen LogP contribution is 2.40. The van der Waals surface area contributed by atoms with E-state index in [-0.39, 0.29) is 5.92 Å². The molecule has 0 aliphatic heterocycles. The second-order valence-electron chi connectivity index (χ2n) is 4.97. The molecule has 0 aliphatic rings. The maximum Gasteiger partial charge on any atom is 0.161 e. The van der Waals surface area contributed by atoms with Crippen LogP contribution in [0.1, 0.15) is 32.3 Å². The first-order chi connectivity index (χ1) is 9.55. The SMILES string of the molecule is COc1ccc([C@](C#N)(CCC#N)C(C)C)cc1OC. The van der Waals surface area contributed by atoms with Gasteiger partial charge in [-0.25, -0.2) is 0 Å². The first-order valence-electron chi connectivity index (χ1n) is 6.56. The van der Waals surface area contributed by atoms with Crippen molar-refractivity contribution in [3.8, 4) is 23.6 Å². The van der Waals surface area contributed by atoms with Gasteiger partial charge in [0.1, 0.15) is 0 Å². The summed E-state index contributed by atoms with van der Waals surface area (Å²) >= 11 is 0. The summed E-state index contributed by atoms with van der Waals surface area (Å²) in [6.07, 6.45) is 0.854. The van der Waals surface area contributed by atoms with E-state index >= 15 is 0 Å². The number of hydrogen-bond donors (Lipinski definition) is 0. The van der Waals surface area contributed by atoms with Gasteiger partial charge in [0.05, 0.1) is 31.8 Å². The van der Waals surface area contributed by atoms with E-state index in [4.69, 9.17) is 14.7 Å². The molecule has 0 spiro atoms. The quantitative estimate of drug-likeness (QED) is 0.795. The first kappa shape index (κ1) is 15.9. The van der Waals surface area contributed by atoms with E-state index in [0.717, 1.165) is 5.56 Å². The summed E-state index contributed by atoms with van der Waals surface area (Å²) < 4.78 is 10.5.